The van der Waals surface area contributed by atoms with E-state index >= 15 is 0 Å². The van der Waals surface area contributed by atoms with Crippen molar-refractivity contribution in [1.29, 1.82) is 0 Å². The summed E-state index contributed by atoms with van der Waals surface area (Å²) in [5.74, 6) is 0.515. The summed E-state index contributed by atoms with van der Waals surface area (Å²) < 4.78 is 54.2. The van der Waals surface area contributed by atoms with Crippen molar-refractivity contribution in [2.45, 2.75) is 44.1 Å². The van der Waals surface area contributed by atoms with Gasteiger partial charge in [0.05, 0.1) is 5.56 Å². The maximum absolute atomic E-state index is 14.0. The Morgan fingerprint density at radius 2 is 1.74 bits per heavy atom. The molecule has 0 bridgehead atoms. The predicted octanol–water partition coefficient (Wildman–Crippen LogP) is 3.81. The van der Waals surface area contributed by atoms with Crippen LogP contribution in [0.3, 0.4) is 0 Å². The first-order valence-electron chi connectivity index (χ1n) is 11.1. The van der Waals surface area contributed by atoms with Crippen molar-refractivity contribution in [3.05, 3.63) is 71.3 Å². The standard InChI is InChI=1S/C24H23F4N5O/c25-19-4-2-1-3-17(19)14-32-11-9-23(10-12-32)13-20-29-22(31-33(20)15-21(34)30-23)16-5-7-18(8-6-16)24(26,27)28/h1-8H,9-15H2,(H,30,34). The Bertz CT molecular complexity index is 1200. The predicted molar refractivity (Wildman–Crippen MR) is 116 cm³/mol. The van der Waals surface area contributed by atoms with Gasteiger partial charge in [-0.05, 0) is 31.0 Å². The molecule has 1 amide bonds. The van der Waals surface area contributed by atoms with E-state index in [-0.39, 0.29) is 18.3 Å². The Kier molecular flexibility index (Phi) is 5.63. The molecule has 1 fully saturated rings. The zero-order chi connectivity index (χ0) is 23.9. The summed E-state index contributed by atoms with van der Waals surface area (Å²) >= 11 is 0. The molecule has 1 saturated heterocycles. The van der Waals surface area contributed by atoms with Gasteiger partial charge in [-0.15, -0.1) is 0 Å². The monoisotopic (exact) mass is 473 g/mol. The van der Waals surface area contributed by atoms with Crippen molar-refractivity contribution in [3.8, 4) is 11.4 Å². The highest BCUT2D eigenvalue weighted by molar-refractivity contribution is 5.77. The molecule has 3 heterocycles. The summed E-state index contributed by atoms with van der Waals surface area (Å²) in [5, 5.41) is 7.53. The number of nitrogens with zero attached hydrogens (tertiary/aromatic N) is 4. The summed E-state index contributed by atoms with van der Waals surface area (Å²) in [5.41, 5.74) is -0.119. The van der Waals surface area contributed by atoms with Gasteiger partial charge in [-0.25, -0.2) is 14.1 Å². The van der Waals surface area contributed by atoms with Crippen LogP contribution in [-0.4, -0.2) is 44.2 Å². The van der Waals surface area contributed by atoms with Crippen LogP contribution in [0.25, 0.3) is 11.4 Å². The molecule has 178 valence electrons. The first kappa shape index (κ1) is 22.5. The van der Waals surface area contributed by atoms with Gasteiger partial charge < -0.3 is 5.32 Å². The van der Waals surface area contributed by atoms with E-state index in [2.05, 4.69) is 20.3 Å². The lowest BCUT2D eigenvalue weighted by atomic mass is 9.84. The summed E-state index contributed by atoms with van der Waals surface area (Å²) in [4.78, 5) is 19.4. The molecule has 0 unspecified atom stereocenters. The van der Waals surface area contributed by atoms with Gasteiger partial charge in [-0.3, -0.25) is 9.69 Å². The molecule has 3 aromatic rings. The minimum absolute atomic E-state index is 0.00363. The number of likely N-dealkylation sites (tertiary alicyclic amines) is 1. The molecular formula is C24H23F4N5O. The summed E-state index contributed by atoms with van der Waals surface area (Å²) in [7, 11) is 0. The first-order chi connectivity index (χ1) is 16.2. The van der Waals surface area contributed by atoms with Gasteiger partial charge in [-0.2, -0.15) is 18.3 Å². The zero-order valence-electron chi connectivity index (χ0n) is 18.3. The molecule has 2 aromatic carbocycles. The lowest BCUT2D eigenvalue weighted by Gasteiger charge is -2.41. The Balaban J connectivity index is 1.32. The molecule has 2 aliphatic rings. The molecule has 2 aliphatic heterocycles. The van der Waals surface area contributed by atoms with Crippen LogP contribution in [0.4, 0.5) is 17.6 Å². The van der Waals surface area contributed by atoms with Crippen LogP contribution in [0, 0.1) is 5.82 Å². The van der Waals surface area contributed by atoms with Gasteiger partial charge in [0.2, 0.25) is 5.91 Å². The zero-order valence-corrected chi connectivity index (χ0v) is 18.3. The van der Waals surface area contributed by atoms with Crippen LogP contribution < -0.4 is 5.32 Å². The number of hydrogen-bond acceptors (Lipinski definition) is 4. The summed E-state index contributed by atoms with van der Waals surface area (Å²) in [6.07, 6.45) is -2.59. The highest BCUT2D eigenvalue weighted by Crippen LogP contribution is 2.32. The number of halogens is 4. The lowest BCUT2D eigenvalue weighted by molar-refractivity contribution is -0.137. The van der Waals surface area contributed by atoms with Gasteiger partial charge in [0.15, 0.2) is 5.82 Å². The fraction of sp³-hybridized carbons (Fsp3) is 0.375. The van der Waals surface area contributed by atoms with Gasteiger partial charge in [0.1, 0.15) is 18.2 Å². The van der Waals surface area contributed by atoms with Crippen molar-refractivity contribution in [3.63, 3.8) is 0 Å². The molecule has 1 aromatic heterocycles. The number of rotatable bonds is 3. The summed E-state index contributed by atoms with van der Waals surface area (Å²) in [6, 6.07) is 11.4. The Morgan fingerprint density at radius 1 is 1.03 bits per heavy atom. The van der Waals surface area contributed by atoms with Crippen LogP contribution >= 0.6 is 0 Å². The molecular weight excluding hydrogens is 450 g/mol. The van der Waals surface area contributed by atoms with E-state index < -0.39 is 17.3 Å². The van der Waals surface area contributed by atoms with Crippen molar-refractivity contribution >= 4 is 5.91 Å². The average Bonchev–Trinajstić information content (AvgIpc) is 3.12. The van der Waals surface area contributed by atoms with Gasteiger partial charge in [0.25, 0.3) is 0 Å². The highest BCUT2D eigenvalue weighted by Gasteiger charge is 2.40. The topological polar surface area (TPSA) is 63.1 Å². The second-order valence-electron chi connectivity index (χ2n) is 8.96. The second-order valence-corrected chi connectivity index (χ2v) is 8.96. The maximum atomic E-state index is 14.0. The minimum atomic E-state index is -4.41. The Morgan fingerprint density at radius 3 is 2.41 bits per heavy atom. The number of alkyl halides is 3. The van der Waals surface area contributed by atoms with Gasteiger partial charge >= 0.3 is 6.18 Å². The number of benzene rings is 2. The van der Waals surface area contributed by atoms with Gasteiger partial charge in [0, 0.05) is 42.7 Å². The first-order valence-corrected chi connectivity index (χ1v) is 11.1. The van der Waals surface area contributed by atoms with Crippen LogP contribution in [0.15, 0.2) is 48.5 Å². The van der Waals surface area contributed by atoms with E-state index in [1.807, 2.05) is 6.07 Å². The third kappa shape index (κ3) is 4.54. The molecule has 10 heteroatoms. The maximum Gasteiger partial charge on any atom is 0.416 e. The molecule has 5 rings (SSSR count). The van der Waals surface area contributed by atoms with Crippen LogP contribution in [-0.2, 0) is 30.5 Å². The largest absolute Gasteiger partial charge is 0.416 e. The number of amides is 1. The van der Waals surface area contributed by atoms with E-state index in [1.165, 1.54) is 22.9 Å². The van der Waals surface area contributed by atoms with Crippen molar-refractivity contribution in [2.75, 3.05) is 13.1 Å². The van der Waals surface area contributed by atoms with E-state index in [0.29, 0.717) is 61.7 Å². The molecule has 0 radical (unpaired) electrons. The Hall–Kier alpha value is -3.27. The second kappa shape index (κ2) is 8.50. The normalized spacial score (nSPS) is 18.4. The molecule has 1 spiro atoms. The number of fused-ring (bicyclic) bond motifs is 1. The Labute approximate surface area is 193 Å². The molecule has 34 heavy (non-hydrogen) atoms. The number of hydrogen-bond donors (Lipinski definition) is 1. The summed E-state index contributed by atoms with van der Waals surface area (Å²) in [6.45, 7) is 1.89. The highest BCUT2D eigenvalue weighted by atomic mass is 19.4. The van der Waals surface area contributed by atoms with Crippen molar-refractivity contribution < 1.29 is 22.4 Å². The molecule has 6 nitrogen and oxygen atoms in total. The quantitative estimate of drug-likeness (QED) is 0.588. The third-order valence-electron chi connectivity index (χ3n) is 6.58. The molecule has 0 aliphatic carbocycles. The van der Waals surface area contributed by atoms with Crippen molar-refractivity contribution in [1.82, 2.24) is 25.0 Å². The van der Waals surface area contributed by atoms with E-state index in [1.54, 1.807) is 12.1 Å². The van der Waals surface area contributed by atoms with Crippen LogP contribution in [0.2, 0.25) is 0 Å². The van der Waals surface area contributed by atoms with Gasteiger partial charge in [-0.1, -0.05) is 30.3 Å². The van der Waals surface area contributed by atoms with E-state index in [9.17, 15) is 22.4 Å². The number of nitrogens with one attached hydrogen (secondary N) is 1. The number of aromatic nitrogens is 3. The number of carbonyl (C=O) groups is 1. The van der Waals surface area contributed by atoms with E-state index in [4.69, 9.17) is 0 Å². The molecule has 1 N–H and O–H groups in total. The fourth-order valence-electron chi connectivity index (χ4n) is 4.69. The molecule has 0 saturated carbocycles. The van der Waals surface area contributed by atoms with Crippen LogP contribution in [0.5, 0.6) is 0 Å². The van der Waals surface area contributed by atoms with Crippen LogP contribution in [0.1, 0.15) is 29.8 Å². The SMILES string of the molecule is O=C1Cn2nc(-c3ccc(C(F)(F)F)cc3)nc2CC2(CCN(Cc3ccccc3F)CC2)N1. The molecule has 0 atom stereocenters. The minimum Gasteiger partial charge on any atom is -0.349 e. The van der Waals surface area contributed by atoms with E-state index in [0.717, 1.165) is 12.1 Å². The number of piperidine rings is 1. The average molecular weight is 473 g/mol. The number of carbonyl (C=O) groups excluding carboxylic acids is 1. The smallest absolute Gasteiger partial charge is 0.349 e. The lowest BCUT2D eigenvalue weighted by Crippen LogP contribution is -2.56. The fourth-order valence-corrected chi connectivity index (χ4v) is 4.69. The third-order valence-corrected chi connectivity index (χ3v) is 6.58. The van der Waals surface area contributed by atoms with Crippen molar-refractivity contribution in [2.24, 2.45) is 0 Å².